The maximum absolute atomic E-state index is 5.21. The van der Waals surface area contributed by atoms with Crippen molar-refractivity contribution in [3.8, 4) is 22.4 Å². The van der Waals surface area contributed by atoms with Crippen LogP contribution in [-0.2, 0) is 0 Å². The summed E-state index contributed by atoms with van der Waals surface area (Å²) in [5, 5.41) is 3.25. The molecule has 0 fully saturated rings. The highest BCUT2D eigenvalue weighted by Gasteiger charge is 2.12. The van der Waals surface area contributed by atoms with E-state index in [4.69, 9.17) is 4.42 Å². The maximum Gasteiger partial charge on any atom is 0.223 e. The Kier molecular flexibility index (Phi) is 4.63. The van der Waals surface area contributed by atoms with Crippen LogP contribution >= 0.6 is 0 Å². The van der Waals surface area contributed by atoms with Crippen molar-refractivity contribution < 1.29 is 4.42 Å². The van der Waals surface area contributed by atoms with E-state index in [9.17, 15) is 0 Å². The molecule has 6 nitrogen and oxygen atoms in total. The van der Waals surface area contributed by atoms with Crippen molar-refractivity contribution in [1.82, 2.24) is 19.9 Å². The zero-order chi connectivity index (χ0) is 16.1. The molecular formula is C17H19N5O. The SMILES string of the molecule is CN(C)CCNc1ncc(-c2ccncc2)c(-c2ccoc2)n1. The maximum atomic E-state index is 5.21. The number of hydrogen-bond acceptors (Lipinski definition) is 6. The number of anilines is 1. The molecule has 6 heteroatoms. The van der Waals surface area contributed by atoms with Gasteiger partial charge >= 0.3 is 0 Å². The fourth-order valence-corrected chi connectivity index (χ4v) is 2.22. The summed E-state index contributed by atoms with van der Waals surface area (Å²) in [5.74, 6) is 0.612. The normalized spacial score (nSPS) is 10.9. The third-order valence-electron chi connectivity index (χ3n) is 3.42. The molecule has 0 spiro atoms. The molecule has 0 radical (unpaired) electrons. The summed E-state index contributed by atoms with van der Waals surface area (Å²) in [6.07, 6.45) is 8.70. The van der Waals surface area contributed by atoms with Crippen molar-refractivity contribution in [3.63, 3.8) is 0 Å². The van der Waals surface area contributed by atoms with Crippen LogP contribution in [0.5, 0.6) is 0 Å². The number of rotatable bonds is 6. The van der Waals surface area contributed by atoms with Gasteiger partial charge in [-0.15, -0.1) is 0 Å². The van der Waals surface area contributed by atoms with Crippen LogP contribution in [-0.4, -0.2) is 47.0 Å². The van der Waals surface area contributed by atoms with Gasteiger partial charge in [0.25, 0.3) is 0 Å². The van der Waals surface area contributed by atoms with Crippen LogP contribution in [0.15, 0.2) is 53.7 Å². The number of likely N-dealkylation sites (N-methyl/N-ethyl adjacent to an activating group) is 1. The third-order valence-corrected chi connectivity index (χ3v) is 3.42. The van der Waals surface area contributed by atoms with Crippen molar-refractivity contribution in [1.29, 1.82) is 0 Å². The Hall–Kier alpha value is -2.73. The standard InChI is InChI=1S/C17H19N5O/c1-22(2)9-8-19-17-20-11-15(13-3-6-18-7-4-13)16(21-17)14-5-10-23-12-14/h3-7,10-12H,8-9H2,1-2H3,(H,19,20,21). The Morgan fingerprint density at radius 2 is 1.96 bits per heavy atom. The molecule has 0 unspecified atom stereocenters. The minimum Gasteiger partial charge on any atom is -0.472 e. The molecule has 118 valence electrons. The second-order valence-corrected chi connectivity index (χ2v) is 5.43. The fraction of sp³-hybridized carbons (Fsp3) is 0.235. The molecule has 3 aromatic heterocycles. The Morgan fingerprint density at radius 3 is 2.65 bits per heavy atom. The lowest BCUT2D eigenvalue weighted by Crippen LogP contribution is -2.21. The highest BCUT2D eigenvalue weighted by Crippen LogP contribution is 2.30. The van der Waals surface area contributed by atoms with E-state index < -0.39 is 0 Å². The van der Waals surface area contributed by atoms with Gasteiger partial charge in [-0.1, -0.05) is 0 Å². The van der Waals surface area contributed by atoms with Gasteiger partial charge < -0.3 is 14.6 Å². The second kappa shape index (κ2) is 7.02. The van der Waals surface area contributed by atoms with Crippen molar-refractivity contribution in [2.75, 3.05) is 32.5 Å². The number of aromatic nitrogens is 3. The number of furan rings is 1. The van der Waals surface area contributed by atoms with E-state index in [2.05, 4.69) is 25.2 Å². The summed E-state index contributed by atoms with van der Waals surface area (Å²) in [6.45, 7) is 1.70. The van der Waals surface area contributed by atoms with Gasteiger partial charge in [0.15, 0.2) is 0 Å². The molecule has 0 bridgehead atoms. The van der Waals surface area contributed by atoms with Gasteiger partial charge in [0.05, 0.1) is 18.2 Å². The first-order valence-corrected chi connectivity index (χ1v) is 7.42. The quantitative estimate of drug-likeness (QED) is 0.755. The predicted molar refractivity (Wildman–Crippen MR) is 90.0 cm³/mol. The molecule has 0 aliphatic heterocycles. The van der Waals surface area contributed by atoms with Gasteiger partial charge in [0, 0.05) is 42.8 Å². The van der Waals surface area contributed by atoms with Gasteiger partial charge in [-0.3, -0.25) is 4.98 Å². The van der Waals surface area contributed by atoms with E-state index in [1.165, 1.54) is 0 Å². The van der Waals surface area contributed by atoms with Crippen molar-refractivity contribution in [2.45, 2.75) is 0 Å². The zero-order valence-corrected chi connectivity index (χ0v) is 13.2. The minimum absolute atomic E-state index is 0.612. The average Bonchev–Trinajstić information content (AvgIpc) is 3.10. The highest BCUT2D eigenvalue weighted by molar-refractivity contribution is 5.80. The smallest absolute Gasteiger partial charge is 0.223 e. The van der Waals surface area contributed by atoms with Gasteiger partial charge in [-0.2, -0.15) is 0 Å². The van der Waals surface area contributed by atoms with Crippen molar-refractivity contribution in [2.24, 2.45) is 0 Å². The minimum atomic E-state index is 0.612. The highest BCUT2D eigenvalue weighted by atomic mass is 16.3. The molecular weight excluding hydrogens is 290 g/mol. The van der Waals surface area contributed by atoms with E-state index in [-0.39, 0.29) is 0 Å². The van der Waals surface area contributed by atoms with Crippen LogP contribution in [0.3, 0.4) is 0 Å². The monoisotopic (exact) mass is 309 g/mol. The largest absolute Gasteiger partial charge is 0.472 e. The number of pyridine rings is 1. The lowest BCUT2D eigenvalue weighted by atomic mass is 10.0. The Bertz CT molecular complexity index is 741. The number of nitrogens with zero attached hydrogens (tertiary/aromatic N) is 4. The molecule has 1 N–H and O–H groups in total. The average molecular weight is 309 g/mol. The summed E-state index contributed by atoms with van der Waals surface area (Å²) in [6, 6.07) is 5.79. The summed E-state index contributed by atoms with van der Waals surface area (Å²) in [5.41, 5.74) is 3.74. The molecule has 3 rings (SSSR count). The molecule has 23 heavy (non-hydrogen) atoms. The Morgan fingerprint density at radius 1 is 1.13 bits per heavy atom. The van der Waals surface area contributed by atoms with Crippen LogP contribution < -0.4 is 5.32 Å². The zero-order valence-electron chi connectivity index (χ0n) is 13.2. The van der Waals surface area contributed by atoms with Gasteiger partial charge in [0.2, 0.25) is 5.95 Å². The van der Waals surface area contributed by atoms with Crippen LogP contribution in [0.2, 0.25) is 0 Å². The Balaban J connectivity index is 1.94. The first-order valence-electron chi connectivity index (χ1n) is 7.42. The van der Waals surface area contributed by atoms with Crippen LogP contribution in [0.1, 0.15) is 0 Å². The van der Waals surface area contributed by atoms with E-state index in [0.717, 1.165) is 35.5 Å². The van der Waals surface area contributed by atoms with E-state index >= 15 is 0 Å². The Labute approximate surface area is 135 Å². The topological polar surface area (TPSA) is 67.1 Å². The summed E-state index contributed by atoms with van der Waals surface area (Å²) in [4.78, 5) is 15.3. The van der Waals surface area contributed by atoms with Gasteiger partial charge in [-0.05, 0) is 37.9 Å². The molecule has 0 saturated heterocycles. The summed E-state index contributed by atoms with van der Waals surface area (Å²) < 4.78 is 5.21. The van der Waals surface area contributed by atoms with Gasteiger partial charge in [-0.25, -0.2) is 9.97 Å². The lowest BCUT2D eigenvalue weighted by Gasteiger charge is -2.12. The van der Waals surface area contributed by atoms with Crippen molar-refractivity contribution >= 4 is 5.95 Å². The fourth-order valence-electron chi connectivity index (χ4n) is 2.22. The predicted octanol–water partition coefficient (Wildman–Crippen LogP) is 2.77. The molecule has 0 aliphatic rings. The number of hydrogen-bond donors (Lipinski definition) is 1. The van der Waals surface area contributed by atoms with Crippen molar-refractivity contribution in [3.05, 3.63) is 49.3 Å². The molecule has 0 amide bonds. The molecule has 0 atom stereocenters. The number of nitrogens with one attached hydrogen (secondary N) is 1. The summed E-state index contributed by atoms with van der Waals surface area (Å²) >= 11 is 0. The third kappa shape index (κ3) is 3.73. The van der Waals surface area contributed by atoms with E-state index in [1.54, 1.807) is 24.9 Å². The van der Waals surface area contributed by atoms with Crippen LogP contribution in [0, 0.1) is 0 Å². The summed E-state index contributed by atoms with van der Waals surface area (Å²) in [7, 11) is 4.07. The van der Waals surface area contributed by atoms with Gasteiger partial charge in [0.1, 0.15) is 0 Å². The lowest BCUT2D eigenvalue weighted by molar-refractivity contribution is 0.425. The van der Waals surface area contributed by atoms with Crippen LogP contribution in [0.25, 0.3) is 22.4 Å². The second-order valence-electron chi connectivity index (χ2n) is 5.43. The molecule has 0 aliphatic carbocycles. The molecule has 0 aromatic carbocycles. The molecule has 3 aromatic rings. The molecule has 0 saturated carbocycles. The first-order chi connectivity index (χ1) is 11.2. The molecule has 3 heterocycles. The van der Waals surface area contributed by atoms with E-state index in [1.807, 2.05) is 38.5 Å². The first kappa shape index (κ1) is 15.2. The van der Waals surface area contributed by atoms with E-state index in [0.29, 0.717) is 5.95 Å². The van der Waals surface area contributed by atoms with Crippen LogP contribution in [0.4, 0.5) is 5.95 Å².